The zero-order valence-electron chi connectivity index (χ0n) is 14.3. The maximum absolute atomic E-state index is 12.9. The number of aromatic nitrogens is 1. The lowest BCUT2D eigenvalue weighted by Gasteiger charge is -2.15. The van der Waals surface area contributed by atoms with Crippen molar-refractivity contribution in [1.29, 1.82) is 0 Å². The Kier molecular flexibility index (Phi) is 5.16. The average molecular weight is 344 g/mol. The minimum Gasteiger partial charge on any atom is -0.493 e. The summed E-state index contributed by atoms with van der Waals surface area (Å²) in [5.74, 6) is 1.23. The molecule has 0 radical (unpaired) electrons. The summed E-state index contributed by atoms with van der Waals surface area (Å²) in [7, 11) is 4.55. The van der Waals surface area contributed by atoms with E-state index in [0.717, 1.165) is 5.56 Å². The summed E-state index contributed by atoms with van der Waals surface area (Å²) in [6.07, 6.45) is 3.04. The van der Waals surface area contributed by atoms with Crippen LogP contribution in [0.5, 0.6) is 17.2 Å². The Morgan fingerprint density at radius 1 is 1.12 bits per heavy atom. The minimum absolute atomic E-state index is 0.101. The van der Waals surface area contributed by atoms with Gasteiger partial charge in [-0.15, -0.1) is 0 Å². The highest BCUT2D eigenvalue weighted by Crippen LogP contribution is 2.38. The Morgan fingerprint density at radius 3 is 2.32 bits per heavy atom. The summed E-state index contributed by atoms with van der Waals surface area (Å²) in [6, 6.07) is 6.53. The highest BCUT2D eigenvalue weighted by molar-refractivity contribution is 6.01. The molecule has 1 aromatic heterocycles. The molecule has 0 amide bonds. The molecule has 7 nitrogen and oxygen atoms in total. The lowest BCUT2D eigenvalue weighted by atomic mass is 10.0. The van der Waals surface area contributed by atoms with Crippen molar-refractivity contribution >= 4 is 5.78 Å². The van der Waals surface area contributed by atoms with E-state index in [4.69, 9.17) is 18.9 Å². The van der Waals surface area contributed by atoms with Gasteiger partial charge in [0, 0.05) is 18.0 Å². The molecule has 1 aromatic carbocycles. The lowest BCUT2D eigenvalue weighted by molar-refractivity contribution is 0.0908. The molecule has 1 aliphatic rings. The van der Waals surface area contributed by atoms with Gasteiger partial charge in [0.05, 0.1) is 34.0 Å². The van der Waals surface area contributed by atoms with E-state index in [0.29, 0.717) is 22.8 Å². The minimum atomic E-state index is -0.457. The van der Waals surface area contributed by atoms with Gasteiger partial charge in [-0.05, 0) is 29.8 Å². The van der Waals surface area contributed by atoms with Crippen LogP contribution in [0.25, 0.3) is 0 Å². The van der Waals surface area contributed by atoms with Crippen LogP contribution in [0.15, 0.2) is 36.7 Å². The molecule has 0 bridgehead atoms. The third-order valence-corrected chi connectivity index (χ3v) is 4.06. The predicted octanol–water partition coefficient (Wildman–Crippen LogP) is 1.98. The van der Waals surface area contributed by atoms with Crippen molar-refractivity contribution in [2.75, 3.05) is 27.9 Å². The number of hydrogen-bond acceptors (Lipinski definition) is 7. The third kappa shape index (κ3) is 3.42. The second-order valence-corrected chi connectivity index (χ2v) is 5.49. The summed E-state index contributed by atoms with van der Waals surface area (Å²) in [6.45, 7) is 0.280. The molecular weight excluding hydrogens is 324 g/mol. The van der Waals surface area contributed by atoms with Crippen molar-refractivity contribution in [3.8, 4) is 17.2 Å². The number of ketones is 1. The number of carbonyl (C=O) groups is 1. The monoisotopic (exact) mass is 344 g/mol. The summed E-state index contributed by atoms with van der Waals surface area (Å²) in [4.78, 5) is 16.8. The number of ether oxygens (including phenoxy) is 4. The predicted molar refractivity (Wildman–Crippen MR) is 90.3 cm³/mol. The van der Waals surface area contributed by atoms with Crippen LogP contribution >= 0.6 is 0 Å². The third-order valence-electron chi connectivity index (χ3n) is 4.06. The van der Waals surface area contributed by atoms with Crippen molar-refractivity contribution in [3.63, 3.8) is 0 Å². The highest BCUT2D eigenvalue weighted by atomic mass is 16.5. The molecule has 2 unspecified atom stereocenters. The first-order valence-electron chi connectivity index (χ1n) is 7.79. The van der Waals surface area contributed by atoms with Crippen LogP contribution < -0.4 is 19.5 Å². The van der Waals surface area contributed by atoms with E-state index < -0.39 is 6.04 Å². The quantitative estimate of drug-likeness (QED) is 0.803. The zero-order chi connectivity index (χ0) is 17.8. The number of nitrogens with zero attached hydrogens (tertiary/aromatic N) is 1. The fourth-order valence-electron chi connectivity index (χ4n) is 2.78. The molecule has 1 N–H and O–H groups in total. The van der Waals surface area contributed by atoms with Crippen molar-refractivity contribution < 1.29 is 23.7 Å². The van der Waals surface area contributed by atoms with Crippen molar-refractivity contribution in [2.45, 2.75) is 12.3 Å². The number of benzene rings is 1. The van der Waals surface area contributed by atoms with E-state index >= 15 is 0 Å². The summed E-state index contributed by atoms with van der Waals surface area (Å²) in [5.41, 5.74) is 1.39. The van der Waals surface area contributed by atoms with E-state index in [2.05, 4.69) is 10.3 Å². The van der Waals surface area contributed by atoms with E-state index in [-0.39, 0.29) is 18.6 Å². The van der Waals surface area contributed by atoms with Crippen molar-refractivity contribution in [3.05, 3.63) is 47.8 Å². The second kappa shape index (κ2) is 7.50. The van der Waals surface area contributed by atoms with Gasteiger partial charge in [-0.3, -0.25) is 15.1 Å². The molecule has 7 heteroatoms. The summed E-state index contributed by atoms with van der Waals surface area (Å²) >= 11 is 0. The number of pyridine rings is 1. The Bertz CT molecular complexity index is 725. The number of nitrogens with one attached hydrogen (secondary N) is 1. The molecule has 0 spiro atoms. The Labute approximate surface area is 145 Å². The fraction of sp³-hybridized carbons (Fsp3) is 0.333. The molecule has 0 saturated carbocycles. The van der Waals surface area contributed by atoms with Gasteiger partial charge in [0.25, 0.3) is 0 Å². The molecule has 2 atom stereocenters. The van der Waals surface area contributed by atoms with E-state index in [9.17, 15) is 4.79 Å². The van der Waals surface area contributed by atoms with Crippen molar-refractivity contribution in [2.24, 2.45) is 0 Å². The van der Waals surface area contributed by atoms with E-state index in [1.165, 1.54) is 21.3 Å². The van der Waals surface area contributed by atoms with E-state index in [1.54, 1.807) is 24.5 Å². The van der Waals surface area contributed by atoms with Crippen LogP contribution in [0.4, 0.5) is 0 Å². The van der Waals surface area contributed by atoms with Crippen LogP contribution in [-0.4, -0.2) is 44.7 Å². The first-order chi connectivity index (χ1) is 12.2. The van der Waals surface area contributed by atoms with Gasteiger partial charge in [-0.1, -0.05) is 0 Å². The highest BCUT2D eigenvalue weighted by Gasteiger charge is 2.32. The maximum Gasteiger partial charge on any atom is 0.203 e. The number of carbonyl (C=O) groups excluding carboxylic acids is 1. The Morgan fingerprint density at radius 2 is 1.76 bits per heavy atom. The SMILES string of the molecule is COc1cc(C(=O)C2COC(c3ccncc3)N2)cc(OC)c1OC. The molecular formula is C18H20N2O5. The number of rotatable bonds is 6. The van der Waals surface area contributed by atoms with Crippen LogP contribution in [0.3, 0.4) is 0 Å². The topological polar surface area (TPSA) is 78.9 Å². The van der Waals surface area contributed by atoms with Crippen LogP contribution in [0.1, 0.15) is 22.1 Å². The number of methoxy groups -OCH3 is 3. The van der Waals surface area contributed by atoms with Gasteiger partial charge in [-0.25, -0.2) is 0 Å². The van der Waals surface area contributed by atoms with Gasteiger partial charge in [-0.2, -0.15) is 0 Å². The Hall–Kier alpha value is -2.64. The van der Waals surface area contributed by atoms with Gasteiger partial charge in [0.1, 0.15) is 6.23 Å². The maximum atomic E-state index is 12.9. The van der Waals surface area contributed by atoms with Gasteiger partial charge >= 0.3 is 0 Å². The van der Waals surface area contributed by atoms with E-state index in [1.807, 2.05) is 12.1 Å². The standard InChI is InChI=1S/C18H20N2O5/c1-22-14-8-12(9-15(23-2)17(14)24-3)16(21)13-10-25-18(20-13)11-4-6-19-7-5-11/h4-9,13,18,20H,10H2,1-3H3. The van der Waals surface area contributed by atoms with Crippen molar-refractivity contribution in [1.82, 2.24) is 10.3 Å². The number of hydrogen-bond donors (Lipinski definition) is 1. The molecule has 3 rings (SSSR count). The number of Topliss-reactive ketones (excluding diaryl/α,β-unsaturated/α-hetero) is 1. The smallest absolute Gasteiger partial charge is 0.203 e. The van der Waals surface area contributed by atoms with Gasteiger partial charge in [0.2, 0.25) is 5.75 Å². The molecule has 1 aliphatic heterocycles. The average Bonchev–Trinajstić information content (AvgIpc) is 3.17. The molecule has 25 heavy (non-hydrogen) atoms. The zero-order valence-corrected chi connectivity index (χ0v) is 14.3. The molecule has 0 aliphatic carbocycles. The lowest BCUT2D eigenvalue weighted by Crippen LogP contribution is -2.34. The van der Waals surface area contributed by atoms with Crippen LogP contribution in [0.2, 0.25) is 0 Å². The molecule has 1 saturated heterocycles. The molecule has 132 valence electrons. The molecule has 2 heterocycles. The largest absolute Gasteiger partial charge is 0.493 e. The van der Waals surface area contributed by atoms with Gasteiger partial charge in [0.15, 0.2) is 17.3 Å². The Balaban J connectivity index is 1.82. The summed E-state index contributed by atoms with van der Waals surface area (Å²) in [5, 5.41) is 3.20. The normalized spacial score (nSPS) is 19.5. The molecule has 2 aromatic rings. The summed E-state index contributed by atoms with van der Waals surface area (Å²) < 4.78 is 21.6. The fourth-order valence-corrected chi connectivity index (χ4v) is 2.78. The van der Waals surface area contributed by atoms with Crippen LogP contribution in [-0.2, 0) is 4.74 Å². The van der Waals surface area contributed by atoms with Gasteiger partial charge < -0.3 is 18.9 Å². The first-order valence-corrected chi connectivity index (χ1v) is 7.79. The second-order valence-electron chi connectivity index (χ2n) is 5.49. The van der Waals surface area contributed by atoms with Crippen LogP contribution in [0, 0.1) is 0 Å². The first kappa shape index (κ1) is 17.2. The molecule has 1 fully saturated rings.